The molecule has 1 amide bonds. The summed E-state index contributed by atoms with van der Waals surface area (Å²) < 4.78 is 5.69. The highest BCUT2D eigenvalue weighted by Crippen LogP contribution is 2.22. The van der Waals surface area contributed by atoms with Crippen molar-refractivity contribution in [3.63, 3.8) is 0 Å². The van der Waals surface area contributed by atoms with Gasteiger partial charge in [-0.15, -0.1) is 0 Å². The highest BCUT2D eigenvalue weighted by atomic mass is 35.5. The molecule has 0 fully saturated rings. The van der Waals surface area contributed by atoms with Crippen LogP contribution in [0.25, 0.3) is 0 Å². The number of halogens is 1. The molecule has 0 saturated heterocycles. The molecule has 2 aromatic rings. The Morgan fingerprint density at radius 2 is 1.83 bits per heavy atom. The molecule has 23 heavy (non-hydrogen) atoms. The van der Waals surface area contributed by atoms with Gasteiger partial charge in [0.25, 0.3) is 0 Å². The Balaban J connectivity index is 1.75. The molecular weight excluding hydrogens is 310 g/mol. The zero-order valence-electron chi connectivity index (χ0n) is 13.8. The van der Waals surface area contributed by atoms with Crippen LogP contribution in [-0.4, -0.2) is 12.5 Å². The third kappa shape index (κ3) is 5.29. The highest BCUT2D eigenvalue weighted by molar-refractivity contribution is 6.30. The lowest BCUT2D eigenvalue weighted by Crippen LogP contribution is -2.13. The van der Waals surface area contributed by atoms with E-state index in [0.29, 0.717) is 24.5 Å². The molecule has 4 heteroatoms. The predicted octanol–water partition coefficient (Wildman–Crippen LogP) is 5.06. The Bertz CT molecular complexity index is 698. The summed E-state index contributed by atoms with van der Waals surface area (Å²) in [4.78, 5) is 11.9. The molecule has 0 atom stereocenters. The topological polar surface area (TPSA) is 38.3 Å². The molecule has 0 heterocycles. The summed E-state index contributed by atoms with van der Waals surface area (Å²) in [5.74, 6) is 0.814. The van der Waals surface area contributed by atoms with Crippen molar-refractivity contribution in [3.8, 4) is 5.75 Å². The SMILES string of the molecule is Cc1ccc(NC(=O)CCCOc2ccc(Cl)cc2C)cc1C. The molecule has 0 saturated carbocycles. The number of amides is 1. The van der Waals surface area contributed by atoms with Crippen LogP contribution in [-0.2, 0) is 4.79 Å². The molecule has 1 N–H and O–H groups in total. The molecular formula is C19H22ClNO2. The first-order valence-electron chi connectivity index (χ1n) is 7.72. The Morgan fingerprint density at radius 1 is 1.04 bits per heavy atom. The molecule has 0 aliphatic heterocycles. The maximum absolute atomic E-state index is 11.9. The van der Waals surface area contributed by atoms with Crippen molar-refractivity contribution >= 4 is 23.2 Å². The van der Waals surface area contributed by atoms with Crippen LogP contribution < -0.4 is 10.1 Å². The molecule has 2 aromatic carbocycles. The number of hydrogen-bond acceptors (Lipinski definition) is 2. The molecule has 0 aromatic heterocycles. The van der Waals surface area contributed by atoms with E-state index < -0.39 is 0 Å². The van der Waals surface area contributed by atoms with Gasteiger partial charge in [0.05, 0.1) is 6.61 Å². The zero-order chi connectivity index (χ0) is 16.8. The van der Waals surface area contributed by atoms with E-state index in [1.807, 2.05) is 44.2 Å². The average molecular weight is 332 g/mol. The largest absolute Gasteiger partial charge is 0.493 e. The van der Waals surface area contributed by atoms with Crippen LogP contribution in [0.2, 0.25) is 5.02 Å². The van der Waals surface area contributed by atoms with Gasteiger partial charge < -0.3 is 10.1 Å². The summed E-state index contributed by atoms with van der Waals surface area (Å²) >= 11 is 5.91. The number of aryl methyl sites for hydroxylation is 3. The highest BCUT2D eigenvalue weighted by Gasteiger charge is 2.05. The van der Waals surface area contributed by atoms with Gasteiger partial charge in [-0.25, -0.2) is 0 Å². The average Bonchev–Trinajstić information content (AvgIpc) is 2.49. The van der Waals surface area contributed by atoms with Crippen molar-refractivity contribution in [2.75, 3.05) is 11.9 Å². The van der Waals surface area contributed by atoms with E-state index in [-0.39, 0.29) is 5.91 Å². The van der Waals surface area contributed by atoms with E-state index >= 15 is 0 Å². The normalized spacial score (nSPS) is 10.4. The standard InChI is InChI=1S/C19H22ClNO2/c1-13-6-8-17(12-14(13)2)21-19(22)5-4-10-23-18-9-7-16(20)11-15(18)3/h6-9,11-12H,4-5,10H2,1-3H3,(H,21,22). The molecule has 0 bridgehead atoms. The van der Waals surface area contributed by atoms with Gasteiger partial charge in [-0.2, -0.15) is 0 Å². The number of nitrogens with one attached hydrogen (secondary N) is 1. The summed E-state index contributed by atoms with van der Waals surface area (Å²) in [6.07, 6.45) is 1.10. The van der Waals surface area contributed by atoms with Crippen LogP contribution in [0.15, 0.2) is 36.4 Å². The lowest BCUT2D eigenvalue weighted by molar-refractivity contribution is -0.116. The zero-order valence-corrected chi connectivity index (χ0v) is 14.5. The fourth-order valence-electron chi connectivity index (χ4n) is 2.23. The first kappa shape index (κ1) is 17.4. The van der Waals surface area contributed by atoms with Gasteiger partial charge in [0, 0.05) is 17.1 Å². The van der Waals surface area contributed by atoms with Crippen LogP contribution in [0.4, 0.5) is 5.69 Å². The maximum Gasteiger partial charge on any atom is 0.224 e. The second-order valence-corrected chi connectivity index (χ2v) is 6.15. The van der Waals surface area contributed by atoms with Crippen molar-refractivity contribution in [1.29, 1.82) is 0 Å². The molecule has 122 valence electrons. The van der Waals surface area contributed by atoms with Crippen LogP contribution in [0.3, 0.4) is 0 Å². The number of anilines is 1. The van der Waals surface area contributed by atoms with Crippen molar-refractivity contribution < 1.29 is 9.53 Å². The number of hydrogen-bond donors (Lipinski definition) is 1. The molecule has 0 spiro atoms. The lowest BCUT2D eigenvalue weighted by Gasteiger charge is -2.10. The molecule has 0 unspecified atom stereocenters. The van der Waals surface area contributed by atoms with E-state index in [1.54, 1.807) is 6.07 Å². The summed E-state index contributed by atoms with van der Waals surface area (Å²) in [6, 6.07) is 11.4. The summed E-state index contributed by atoms with van der Waals surface area (Å²) in [5.41, 5.74) is 4.23. The Hall–Kier alpha value is -2.00. The summed E-state index contributed by atoms with van der Waals surface area (Å²) in [6.45, 7) is 6.54. The fraction of sp³-hybridized carbons (Fsp3) is 0.316. The minimum Gasteiger partial charge on any atom is -0.493 e. The summed E-state index contributed by atoms with van der Waals surface area (Å²) in [5, 5.41) is 3.61. The summed E-state index contributed by atoms with van der Waals surface area (Å²) in [7, 11) is 0. The third-order valence-electron chi connectivity index (χ3n) is 3.73. The van der Waals surface area contributed by atoms with E-state index in [1.165, 1.54) is 11.1 Å². The second kappa shape index (κ2) is 8.02. The van der Waals surface area contributed by atoms with Gasteiger partial charge in [0.15, 0.2) is 0 Å². The van der Waals surface area contributed by atoms with Crippen LogP contribution in [0.1, 0.15) is 29.5 Å². The van der Waals surface area contributed by atoms with E-state index in [9.17, 15) is 4.79 Å². The quantitative estimate of drug-likeness (QED) is 0.751. The van der Waals surface area contributed by atoms with Gasteiger partial charge in [-0.1, -0.05) is 17.7 Å². The molecule has 0 radical (unpaired) electrons. The van der Waals surface area contributed by atoms with Crippen molar-refractivity contribution in [3.05, 3.63) is 58.1 Å². The lowest BCUT2D eigenvalue weighted by atomic mass is 10.1. The minimum atomic E-state index is 0.00433. The van der Waals surface area contributed by atoms with Crippen LogP contribution in [0.5, 0.6) is 5.75 Å². The van der Waals surface area contributed by atoms with Gasteiger partial charge in [-0.05, 0) is 74.2 Å². The minimum absolute atomic E-state index is 0.00433. The first-order chi connectivity index (χ1) is 11.0. The second-order valence-electron chi connectivity index (χ2n) is 5.71. The van der Waals surface area contributed by atoms with Gasteiger partial charge in [0.1, 0.15) is 5.75 Å². The van der Waals surface area contributed by atoms with E-state index in [2.05, 4.69) is 12.2 Å². The monoisotopic (exact) mass is 331 g/mol. The molecule has 2 rings (SSSR count). The van der Waals surface area contributed by atoms with Crippen LogP contribution in [0, 0.1) is 20.8 Å². The molecule has 0 aliphatic carbocycles. The number of ether oxygens (including phenoxy) is 1. The van der Waals surface area contributed by atoms with Crippen molar-refractivity contribution in [1.82, 2.24) is 0 Å². The van der Waals surface area contributed by atoms with E-state index in [4.69, 9.17) is 16.3 Å². The Kier molecular flexibility index (Phi) is 6.05. The van der Waals surface area contributed by atoms with Crippen LogP contribution >= 0.6 is 11.6 Å². The predicted molar refractivity (Wildman–Crippen MR) is 95.5 cm³/mol. The number of carbonyl (C=O) groups excluding carboxylic acids is 1. The Morgan fingerprint density at radius 3 is 2.52 bits per heavy atom. The third-order valence-corrected chi connectivity index (χ3v) is 3.97. The number of rotatable bonds is 6. The van der Waals surface area contributed by atoms with Crippen molar-refractivity contribution in [2.24, 2.45) is 0 Å². The smallest absolute Gasteiger partial charge is 0.224 e. The first-order valence-corrected chi connectivity index (χ1v) is 8.09. The number of benzene rings is 2. The molecule has 0 aliphatic rings. The fourth-order valence-corrected chi connectivity index (χ4v) is 2.46. The number of carbonyl (C=O) groups is 1. The van der Waals surface area contributed by atoms with E-state index in [0.717, 1.165) is 17.0 Å². The van der Waals surface area contributed by atoms with Gasteiger partial charge >= 0.3 is 0 Å². The maximum atomic E-state index is 11.9. The van der Waals surface area contributed by atoms with Crippen molar-refractivity contribution in [2.45, 2.75) is 33.6 Å². The molecule has 3 nitrogen and oxygen atoms in total. The Labute approximate surface area is 142 Å². The van der Waals surface area contributed by atoms with Gasteiger partial charge in [-0.3, -0.25) is 4.79 Å². The van der Waals surface area contributed by atoms with Gasteiger partial charge in [0.2, 0.25) is 5.91 Å².